The third-order valence-electron chi connectivity index (χ3n) is 5.07. The molecule has 0 heterocycles. The van der Waals surface area contributed by atoms with Gasteiger partial charge in [0.05, 0.1) is 0 Å². The van der Waals surface area contributed by atoms with Crippen LogP contribution in [0.3, 0.4) is 0 Å². The Hall–Kier alpha value is -0.300. The summed E-state index contributed by atoms with van der Waals surface area (Å²) in [6.07, 6.45) is 1.10. The molecule has 2 unspecified atom stereocenters. The Morgan fingerprint density at radius 2 is 1.53 bits per heavy atom. The van der Waals surface area contributed by atoms with Crippen LogP contribution < -0.4 is 5.73 Å². The van der Waals surface area contributed by atoms with Crippen molar-refractivity contribution in [3.63, 3.8) is 0 Å². The van der Waals surface area contributed by atoms with E-state index in [2.05, 4.69) is 48.5 Å². The van der Waals surface area contributed by atoms with Gasteiger partial charge in [-0.25, -0.2) is 0 Å². The van der Waals surface area contributed by atoms with Gasteiger partial charge in [-0.3, -0.25) is 0 Å². The third kappa shape index (κ3) is 1.99. The van der Waals surface area contributed by atoms with Crippen molar-refractivity contribution < 1.29 is 0 Å². The second-order valence-corrected chi connectivity index (χ2v) is 6.51. The number of rotatable bonds is 0. The lowest BCUT2D eigenvalue weighted by Gasteiger charge is -2.35. The minimum atomic E-state index is 0.233. The van der Waals surface area contributed by atoms with E-state index >= 15 is 0 Å². The summed E-state index contributed by atoms with van der Waals surface area (Å²) in [6, 6.07) is 0.308. The highest BCUT2D eigenvalue weighted by atomic mass is 14.7. The van der Waals surface area contributed by atoms with Crippen LogP contribution in [0.5, 0.6) is 0 Å². The second-order valence-electron chi connectivity index (χ2n) is 6.51. The minimum Gasteiger partial charge on any atom is -0.327 e. The van der Waals surface area contributed by atoms with Crippen LogP contribution in [-0.4, -0.2) is 6.04 Å². The normalized spacial score (nSPS) is 35.2. The SMILES string of the molecule is CC1=C(C)C(C)(C)C(C)C(N)CC1(C)C. The Labute approximate surface area is 95.1 Å². The van der Waals surface area contributed by atoms with Gasteiger partial charge in [-0.15, -0.1) is 0 Å². The van der Waals surface area contributed by atoms with E-state index in [1.54, 1.807) is 0 Å². The summed E-state index contributed by atoms with van der Waals surface area (Å²) in [7, 11) is 0. The van der Waals surface area contributed by atoms with Gasteiger partial charge in [0.15, 0.2) is 0 Å². The second kappa shape index (κ2) is 3.62. The first-order valence-electron chi connectivity index (χ1n) is 6.04. The number of hydrogen-bond acceptors (Lipinski definition) is 1. The van der Waals surface area contributed by atoms with Crippen molar-refractivity contribution >= 4 is 0 Å². The zero-order valence-corrected chi connectivity index (χ0v) is 11.4. The van der Waals surface area contributed by atoms with E-state index in [0.29, 0.717) is 12.0 Å². The predicted octanol–water partition coefficient (Wildman–Crippen LogP) is 3.74. The van der Waals surface area contributed by atoms with Crippen LogP contribution in [-0.2, 0) is 0 Å². The molecular formula is C14H27N. The fourth-order valence-electron chi connectivity index (χ4n) is 2.79. The molecule has 2 atom stereocenters. The van der Waals surface area contributed by atoms with Gasteiger partial charge in [-0.1, -0.05) is 45.8 Å². The van der Waals surface area contributed by atoms with Gasteiger partial charge in [0, 0.05) is 6.04 Å². The molecule has 2 N–H and O–H groups in total. The molecule has 0 aromatic carbocycles. The summed E-state index contributed by atoms with van der Waals surface area (Å²) >= 11 is 0. The molecule has 0 radical (unpaired) electrons. The van der Waals surface area contributed by atoms with E-state index in [1.165, 1.54) is 11.1 Å². The van der Waals surface area contributed by atoms with Crippen molar-refractivity contribution in [3.05, 3.63) is 11.1 Å². The molecule has 0 fully saturated rings. The van der Waals surface area contributed by atoms with E-state index in [0.717, 1.165) is 6.42 Å². The van der Waals surface area contributed by atoms with Crippen LogP contribution in [0.2, 0.25) is 0 Å². The Morgan fingerprint density at radius 3 is 2.00 bits per heavy atom. The maximum Gasteiger partial charge on any atom is 0.00808 e. The zero-order valence-electron chi connectivity index (χ0n) is 11.4. The Kier molecular flexibility index (Phi) is 3.08. The van der Waals surface area contributed by atoms with E-state index in [4.69, 9.17) is 5.73 Å². The summed E-state index contributed by atoms with van der Waals surface area (Å²) in [4.78, 5) is 0. The summed E-state index contributed by atoms with van der Waals surface area (Å²) in [5.74, 6) is 0.550. The van der Waals surface area contributed by atoms with Gasteiger partial charge in [-0.05, 0) is 37.0 Å². The van der Waals surface area contributed by atoms with Gasteiger partial charge in [0.2, 0.25) is 0 Å². The summed E-state index contributed by atoms with van der Waals surface area (Å²) in [5, 5.41) is 0. The molecule has 1 heteroatoms. The highest BCUT2D eigenvalue weighted by molar-refractivity contribution is 5.26. The highest BCUT2D eigenvalue weighted by Gasteiger charge is 2.40. The van der Waals surface area contributed by atoms with Crippen molar-refractivity contribution in [2.45, 2.75) is 60.9 Å². The van der Waals surface area contributed by atoms with Crippen molar-refractivity contribution in [2.75, 3.05) is 0 Å². The topological polar surface area (TPSA) is 26.0 Å². The first kappa shape index (κ1) is 12.8. The number of nitrogens with two attached hydrogens (primary N) is 1. The lowest BCUT2D eigenvalue weighted by atomic mass is 9.71. The van der Waals surface area contributed by atoms with Crippen LogP contribution in [0.1, 0.15) is 54.9 Å². The first-order valence-corrected chi connectivity index (χ1v) is 6.04. The fraction of sp³-hybridized carbons (Fsp3) is 0.857. The third-order valence-corrected chi connectivity index (χ3v) is 5.07. The Bertz CT molecular complexity index is 284. The molecule has 0 amide bonds. The van der Waals surface area contributed by atoms with Crippen molar-refractivity contribution in [3.8, 4) is 0 Å². The fourth-order valence-corrected chi connectivity index (χ4v) is 2.79. The van der Waals surface area contributed by atoms with E-state index in [9.17, 15) is 0 Å². The predicted molar refractivity (Wildman–Crippen MR) is 67.7 cm³/mol. The number of allylic oxidation sites excluding steroid dienone is 2. The van der Waals surface area contributed by atoms with Crippen molar-refractivity contribution in [1.29, 1.82) is 0 Å². The molecule has 0 saturated carbocycles. The lowest BCUT2D eigenvalue weighted by molar-refractivity contribution is 0.227. The maximum absolute atomic E-state index is 6.33. The van der Waals surface area contributed by atoms with Crippen molar-refractivity contribution in [2.24, 2.45) is 22.5 Å². The van der Waals surface area contributed by atoms with Crippen LogP contribution in [0, 0.1) is 16.7 Å². The van der Waals surface area contributed by atoms with Crippen LogP contribution in [0.4, 0.5) is 0 Å². The van der Waals surface area contributed by atoms with Gasteiger partial charge in [-0.2, -0.15) is 0 Å². The van der Waals surface area contributed by atoms with Gasteiger partial charge in [0.1, 0.15) is 0 Å². The molecule has 0 aromatic heterocycles. The molecule has 1 aliphatic carbocycles. The summed E-state index contributed by atoms with van der Waals surface area (Å²) in [5.41, 5.74) is 9.89. The van der Waals surface area contributed by atoms with E-state index in [1.807, 2.05) is 0 Å². The Morgan fingerprint density at radius 1 is 1.07 bits per heavy atom. The average molecular weight is 209 g/mol. The van der Waals surface area contributed by atoms with E-state index in [-0.39, 0.29) is 10.8 Å². The lowest BCUT2D eigenvalue weighted by Crippen LogP contribution is -2.38. The monoisotopic (exact) mass is 209 g/mol. The van der Waals surface area contributed by atoms with Gasteiger partial charge < -0.3 is 5.73 Å². The first-order chi connectivity index (χ1) is 6.60. The van der Waals surface area contributed by atoms with Crippen LogP contribution in [0.25, 0.3) is 0 Å². The molecule has 1 aliphatic rings. The molecule has 1 rings (SSSR count). The average Bonchev–Trinajstić information content (AvgIpc) is 2.14. The molecule has 15 heavy (non-hydrogen) atoms. The Balaban J connectivity index is 3.29. The molecule has 0 bridgehead atoms. The smallest absolute Gasteiger partial charge is 0.00808 e. The summed E-state index contributed by atoms with van der Waals surface area (Å²) in [6.45, 7) is 16.2. The van der Waals surface area contributed by atoms with E-state index < -0.39 is 0 Å². The minimum absolute atomic E-state index is 0.233. The highest BCUT2D eigenvalue weighted by Crippen LogP contribution is 2.48. The standard InChI is InChI=1S/C14H27N/c1-9-10(2)14(6,7)11(3)12(15)8-13(9,4)5/h11-12H,8,15H2,1-7H3. The van der Waals surface area contributed by atoms with Crippen molar-refractivity contribution in [1.82, 2.24) is 0 Å². The number of hydrogen-bond donors (Lipinski definition) is 1. The molecule has 0 spiro atoms. The molecule has 0 saturated heterocycles. The molecule has 88 valence electrons. The van der Waals surface area contributed by atoms with Crippen LogP contribution >= 0.6 is 0 Å². The summed E-state index contributed by atoms with van der Waals surface area (Å²) < 4.78 is 0. The molecule has 1 nitrogen and oxygen atoms in total. The molecular weight excluding hydrogens is 182 g/mol. The molecule has 0 aliphatic heterocycles. The van der Waals surface area contributed by atoms with Gasteiger partial charge >= 0.3 is 0 Å². The quantitative estimate of drug-likeness (QED) is 0.604. The largest absolute Gasteiger partial charge is 0.327 e. The zero-order chi connectivity index (χ0) is 12.0. The maximum atomic E-state index is 6.33. The van der Waals surface area contributed by atoms with Crippen LogP contribution in [0.15, 0.2) is 11.1 Å². The molecule has 0 aromatic rings. The van der Waals surface area contributed by atoms with Gasteiger partial charge in [0.25, 0.3) is 0 Å².